The van der Waals surface area contributed by atoms with Crippen molar-refractivity contribution in [2.24, 2.45) is 5.73 Å². The second-order valence-electron chi connectivity index (χ2n) is 5.48. The topological polar surface area (TPSA) is 70.4 Å². The predicted molar refractivity (Wildman–Crippen MR) is 80.7 cm³/mol. The lowest BCUT2D eigenvalue weighted by Crippen LogP contribution is -2.58. The zero-order chi connectivity index (χ0) is 16.9. The van der Waals surface area contributed by atoms with E-state index in [1.807, 2.05) is 0 Å². The summed E-state index contributed by atoms with van der Waals surface area (Å²) < 4.78 is 39.7. The molecule has 23 heavy (non-hydrogen) atoms. The van der Waals surface area contributed by atoms with Crippen LogP contribution in [0.5, 0.6) is 0 Å². The van der Waals surface area contributed by atoms with Gasteiger partial charge in [0.05, 0.1) is 0 Å². The van der Waals surface area contributed by atoms with Crippen molar-refractivity contribution in [1.82, 2.24) is 15.5 Å². The minimum absolute atomic E-state index is 0.296. The van der Waals surface area contributed by atoms with Crippen LogP contribution >= 0.6 is 0 Å². The van der Waals surface area contributed by atoms with Crippen LogP contribution in [0.4, 0.5) is 13.2 Å². The van der Waals surface area contributed by atoms with Gasteiger partial charge >= 0.3 is 6.18 Å². The molecular weight excluding hydrogens is 309 g/mol. The highest BCUT2D eigenvalue weighted by Gasteiger charge is 2.43. The largest absolute Gasteiger partial charge is 0.405 e. The Morgan fingerprint density at radius 2 is 1.87 bits per heavy atom. The molecule has 0 radical (unpaired) electrons. The fourth-order valence-corrected chi connectivity index (χ4v) is 2.56. The number of hydrogen-bond acceptors (Lipinski definition) is 4. The van der Waals surface area contributed by atoms with E-state index in [9.17, 15) is 18.0 Å². The van der Waals surface area contributed by atoms with Crippen LogP contribution in [-0.2, 0) is 4.79 Å². The number of carbonyl (C=O) groups is 1. The summed E-state index contributed by atoms with van der Waals surface area (Å²) in [5, 5.41) is 5.35. The second kappa shape index (κ2) is 7.76. The quantitative estimate of drug-likeness (QED) is 0.741. The Morgan fingerprint density at radius 3 is 2.43 bits per heavy atom. The van der Waals surface area contributed by atoms with E-state index in [-0.39, 0.29) is 0 Å². The molecular formula is C15H21F3N4O. The number of benzene rings is 1. The van der Waals surface area contributed by atoms with Crippen LogP contribution in [-0.4, -0.2) is 55.7 Å². The number of piperazine rings is 1. The molecule has 4 N–H and O–H groups in total. The Bertz CT molecular complexity index is 503. The summed E-state index contributed by atoms with van der Waals surface area (Å²) in [5.41, 5.74) is 6.36. The highest BCUT2D eigenvalue weighted by atomic mass is 19.4. The first-order valence-electron chi connectivity index (χ1n) is 7.49. The summed E-state index contributed by atoms with van der Waals surface area (Å²) in [6.45, 7) is 1.10. The Balaban J connectivity index is 1.96. The molecule has 5 nitrogen and oxygen atoms in total. The molecule has 1 saturated heterocycles. The molecule has 2 unspecified atom stereocenters. The maximum absolute atomic E-state index is 13.2. The molecule has 2 atom stereocenters. The van der Waals surface area contributed by atoms with Crippen molar-refractivity contribution < 1.29 is 18.0 Å². The monoisotopic (exact) mass is 330 g/mol. The van der Waals surface area contributed by atoms with E-state index in [1.165, 1.54) is 4.90 Å². The van der Waals surface area contributed by atoms with Gasteiger partial charge in [-0.25, -0.2) is 0 Å². The van der Waals surface area contributed by atoms with E-state index in [2.05, 4.69) is 10.6 Å². The molecule has 1 aliphatic heterocycles. The molecule has 2 rings (SSSR count). The zero-order valence-electron chi connectivity index (χ0n) is 12.6. The molecule has 1 amide bonds. The smallest absolute Gasteiger partial charge is 0.353 e. The standard InChI is InChI=1S/C15H21F3N4O/c16-15(17,18)12(22-8-6-20-7-9-22)10-21-14(23)13(19)11-4-2-1-3-5-11/h1-5,12-13,20H,6-10,19H2,(H,21,23). The first-order chi connectivity index (χ1) is 10.9. The van der Waals surface area contributed by atoms with E-state index in [0.29, 0.717) is 31.7 Å². The molecule has 1 fully saturated rings. The number of carbonyl (C=O) groups excluding carboxylic acids is 1. The van der Waals surface area contributed by atoms with Crippen molar-refractivity contribution in [3.05, 3.63) is 35.9 Å². The van der Waals surface area contributed by atoms with Crippen molar-refractivity contribution in [2.45, 2.75) is 18.3 Å². The number of nitrogens with zero attached hydrogens (tertiary/aromatic N) is 1. The molecule has 0 aromatic heterocycles. The number of amides is 1. The average Bonchev–Trinajstić information content (AvgIpc) is 2.54. The van der Waals surface area contributed by atoms with E-state index >= 15 is 0 Å². The fourth-order valence-electron chi connectivity index (χ4n) is 2.56. The number of halogens is 3. The van der Waals surface area contributed by atoms with E-state index < -0.39 is 30.7 Å². The van der Waals surface area contributed by atoms with E-state index in [0.717, 1.165) is 0 Å². The number of alkyl halides is 3. The van der Waals surface area contributed by atoms with Crippen LogP contribution in [0.2, 0.25) is 0 Å². The average molecular weight is 330 g/mol. The summed E-state index contributed by atoms with van der Waals surface area (Å²) >= 11 is 0. The summed E-state index contributed by atoms with van der Waals surface area (Å²) in [6.07, 6.45) is -4.40. The summed E-state index contributed by atoms with van der Waals surface area (Å²) in [7, 11) is 0. The Hall–Kier alpha value is -1.64. The molecule has 0 aliphatic carbocycles. The van der Waals surface area contributed by atoms with Crippen LogP contribution in [0.15, 0.2) is 30.3 Å². The van der Waals surface area contributed by atoms with Gasteiger partial charge in [-0.2, -0.15) is 13.2 Å². The van der Waals surface area contributed by atoms with Crippen molar-refractivity contribution in [3.63, 3.8) is 0 Å². The van der Waals surface area contributed by atoms with Gasteiger partial charge in [-0.15, -0.1) is 0 Å². The third-order valence-corrected chi connectivity index (χ3v) is 3.88. The first-order valence-corrected chi connectivity index (χ1v) is 7.49. The van der Waals surface area contributed by atoms with Gasteiger partial charge in [-0.3, -0.25) is 9.69 Å². The molecule has 1 aliphatic rings. The van der Waals surface area contributed by atoms with Gasteiger partial charge in [0.15, 0.2) is 0 Å². The summed E-state index contributed by atoms with van der Waals surface area (Å²) in [6, 6.07) is 5.88. The van der Waals surface area contributed by atoms with E-state index in [1.54, 1.807) is 30.3 Å². The minimum atomic E-state index is -4.40. The van der Waals surface area contributed by atoms with Crippen molar-refractivity contribution in [2.75, 3.05) is 32.7 Å². The van der Waals surface area contributed by atoms with Gasteiger partial charge in [0.1, 0.15) is 12.1 Å². The molecule has 8 heteroatoms. The number of nitrogens with two attached hydrogens (primary N) is 1. The van der Waals surface area contributed by atoms with Crippen molar-refractivity contribution in [3.8, 4) is 0 Å². The third-order valence-electron chi connectivity index (χ3n) is 3.88. The third kappa shape index (κ3) is 4.92. The van der Waals surface area contributed by atoms with Crippen molar-refractivity contribution in [1.29, 1.82) is 0 Å². The minimum Gasteiger partial charge on any atom is -0.353 e. The maximum Gasteiger partial charge on any atom is 0.405 e. The zero-order valence-corrected chi connectivity index (χ0v) is 12.6. The van der Waals surface area contributed by atoms with Crippen LogP contribution in [0.3, 0.4) is 0 Å². The molecule has 0 saturated carbocycles. The van der Waals surface area contributed by atoms with Crippen molar-refractivity contribution >= 4 is 5.91 Å². The Kier molecular flexibility index (Phi) is 5.97. The van der Waals surface area contributed by atoms with E-state index in [4.69, 9.17) is 5.73 Å². The molecule has 128 valence electrons. The molecule has 0 spiro atoms. The highest BCUT2D eigenvalue weighted by Crippen LogP contribution is 2.25. The predicted octanol–water partition coefficient (Wildman–Crippen LogP) is 0.639. The SMILES string of the molecule is NC(C(=O)NCC(N1CCNCC1)C(F)(F)F)c1ccccc1. The van der Waals surface area contributed by atoms with Gasteiger partial charge in [-0.05, 0) is 5.56 Å². The lowest BCUT2D eigenvalue weighted by Gasteiger charge is -2.36. The lowest BCUT2D eigenvalue weighted by atomic mass is 10.1. The Morgan fingerprint density at radius 1 is 1.26 bits per heavy atom. The first kappa shape index (κ1) is 17.7. The number of nitrogens with one attached hydrogen (secondary N) is 2. The molecule has 0 bridgehead atoms. The van der Waals surface area contributed by atoms with Crippen LogP contribution in [0.25, 0.3) is 0 Å². The molecule has 1 heterocycles. The van der Waals surface area contributed by atoms with Crippen LogP contribution in [0, 0.1) is 0 Å². The van der Waals surface area contributed by atoms with Gasteiger partial charge in [0.2, 0.25) is 5.91 Å². The second-order valence-corrected chi connectivity index (χ2v) is 5.48. The summed E-state index contributed by atoms with van der Waals surface area (Å²) in [4.78, 5) is 13.4. The summed E-state index contributed by atoms with van der Waals surface area (Å²) in [5.74, 6) is -0.611. The van der Waals surface area contributed by atoms with Crippen LogP contribution < -0.4 is 16.4 Å². The molecule has 1 aromatic rings. The number of hydrogen-bond donors (Lipinski definition) is 3. The maximum atomic E-state index is 13.2. The normalized spacial score (nSPS) is 19.1. The molecule has 1 aromatic carbocycles. The lowest BCUT2D eigenvalue weighted by molar-refractivity contribution is -0.184. The highest BCUT2D eigenvalue weighted by molar-refractivity contribution is 5.82. The van der Waals surface area contributed by atoms with Gasteiger partial charge < -0.3 is 16.4 Å². The van der Waals surface area contributed by atoms with Gasteiger partial charge in [-0.1, -0.05) is 30.3 Å². The van der Waals surface area contributed by atoms with Crippen LogP contribution in [0.1, 0.15) is 11.6 Å². The fraction of sp³-hybridized carbons (Fsp3) is 0.533. The van der Waals surface area contributed by atoms with Gasteiger partial charge in [0.25, 0.3) is 0 Å². The van der Waals surface area contributed by atoms with Gasteiger partial charge in [0, 0.05) is 32.7 Å². The number of rotatable bonds is 5. The Labute approximate surface area is 133 Å².